The van der Waals surface area contributed by atoms with Gasteiger partial charge in [0.15, 0.2) is 0 Å². The van der Waals surface area contributed by atoms with E-state index in [4.69, 9.17) is 0 Å². The Balaban J connectivity index is 2.13. The van der Waals surface area contributed by atoms with E-state index in [1.54, 1.807) is 11.3 Å². The zero-order chi connectivity index (χ0) is 12.5. The fourth-order valence-corrected chi connectivity index (χ4v) is 4.80. The number of hydrogen-bond acceptors (Lipinski definition) is 1. The monoisotopic (exact) mass is 380 g/mol. The van der Waals surface area contributed by atoms with Crippen molar-refractivity contribution in [3.05, 3.63) is 69.5 Å². The molecule has 90 valence electrons. The molecule has 2 aromatic carbocycles. The minimum Gasteiger partial charge on any atom is -0.143 e. The van der Waals surface area contributed by atoms with E-state index in [0.717, 1.165) is 4.47 Å². The van der Waals surface area contributed by atoms with Gasteiger partial charge in [-0.2, -0.15) is 0 Å². The molecule has 0 aliphatic heterocycles. The van der Waals surface area contributed by atoms with Crippen LogP contribution in [0.4, 0.5) is 0 Å². The lowest BCUT2D eigenvalue weighted by Gasteiger charge is -2.11. The normalized spacial score (nSPS) is 12.8. The van der Waals surface area contributed by atoms with Crippen molar-refractivity contribution in [1.29, 1.82) is 0 Å². The molecule has 0 amide bonds. The first kappa shape index (κ1) is 12.4. The van der Waals surface area contributed by atoms with Crippen LogP contribution in [0, 0.1) is 0 Å². The molecule has 0 radical (unpaired) electrons. The van der Waals surface area contributed by atoms with Gasteiger partial charge in [0, 0.05) is 9.17 Å². The Hall–Kier alpha value is -0.640. The summed E-state index contributed by atoms with van der Waals surface area (Å²) in [6, 6.07) is 16.9. The minimum atomic E-state index is 0.226. The van der Waals surface area contributed by atoms with Crippen molar-refractivity contribution in [1.82, 2.24) is 0 Å². The maximum Gasteiger partial charge on any atom is 0.0669 e. The first-order valence-corrected chi connectivity index (χ1v) is 8.21. The molecule has 1 atom stereocenters. The zero-order valence-electron chi connectivity index (χ0n) is 9.44. The molecule has 0 nitrogen and oxygen atoms in total. The van der Waals surface area contributed by atoms with Gasteiger partial charge in [-0.05, 0) is 34.0 Å². The van der Waals surface area contributed by atoms with Crippen molar-refractivity contribution >= 4 is 53.3 Å². The van der Waals surface area contributed by atoms with E-state index >= 15 is 0 Å². The lowest BCUT2D eigenvalue weighted by Crippen LogP contribution is -1.92. The van der Waals surface area contributed by atoms with Crippen molar-refractivity contribution in [2.24, 2.45) is 0 Å². The van der Waals surface area contributed by atoms with Crippen molar-refractivity contribution in [3.63, 3.8) is 0 Å². The van der Waals surface area contributed by atoms with Crippen LogP contribution in [-0.4, -0.2) is 0 Å². The Morgan fingerprint density at radius 1 is 0.889 bits per heavy atom. The molecule has 3 rings (SSSR count). The van der Waals surface area contributed by atoms with Gasteiger partial charge in [-0.25, -0.2) is 0 Å². The molecule has 0 fully saturated rings. The lowest BCUT2D eigenvalue weighted by molar-refractivity contribution is 1.19. The lowest BCUT2D eigenvalue weighted by atomic mass is 10.0. The van der Waals surface area contributed by atoms with Gasteiger partial charge < -0.3 is 0 Å². The van der Waals surface area contributed by atoms with E-state index in [1.165, 1.54) is 21.2 Å². The maximum atomic E-state index is 3.82. The van der Waals surface area contributed by atoms with Gasteiger partial charge in [0.05, 0.1) is 4.83 Å². The van der Waals surface area contributed by atoms with Crippen LogP contribution in [0.2, 0.25) is 0 Å². The molecule has 0 bridgehead atoms. The summed E-state index contributed by atoms with van der Waals surface area (Å²) in [6.45, 7) is 0. The smallest absolute Gasteiger partial charge is 0.0669 e. The maximum absolute atomic E-state index is 3.82. The summed E-state index contributed by atoms with van der Waals surface area (Å²) >= 11 is 9.24. The Morgan fingerprint density at radius 3 is 2.44 bits per heavy atom. The number of halogens is 2. The van der Waals surface area contributed by atoms with Crippen molar-refractivity contribution in [2.45, 2.75) is 4.83 Å². The topological polar surface area (TPSA) is 0 Å². The summed E-state index contributed by atoms with van der Waals surface area (Å²) in [5.41, 5.74) is 2.60. The van der Waals surface area contributed by atoms with Crippen molar-refractivity contribution < 1.29 is 0 Å². The molecule has 0 aliphatic rings. The summed E-state index contributed by atoms with van der Waals surface area (Å²) in [5, 5.41) is 3.57. The number of alkyl halides is 1. The van der Waals surface area contributed by atoms with Crippen LogP contribution >= 0.6 is 43.2 Å². The highest BCUT2D eigenvalue weighted by atomic mass is 79.9. The molecule has 3 heteroatoms. The number of rotatable bonds is 2. The van der Waals surface area contributed by atoms with Crippen LogP contribution in [0.1, 0.15) is 16.0 Å². The molecule has 1 unspecified atom stereocenters. The highest BCUT2D eigenvalue weighted by Gasteiger charge is 2.16. The van der Waals surface area contributed by atoms with Crippen LogP contribution in [-0.2, 0) is 0 Å². The second kappa shape index (κ2) is 5.16. The third-order valence-corrected chi connectivity index (χ3v) is 5.65. The van der Waals surface area contributed by atoms with Crippen LogP contribution in [0.5, 0.6) is 0 Å². The van der Waals surface area contributed by atoms with Gasteiger partial charge >= 0.3 is 0 Å². The van der Waals surface area contributed by atoms with Crippen LogP contribution in [0.3, 0.4) is 0 Å². The van der Waals surface area contributed by atoms with Gasteiger partial charge in [-0.3, -0.25) is 0 Å². The van der Waals surface area contributed by atoms with Gasteiger partial charge in [-0.15, -0.1) is 11.3 Å². The van der Waals surface area contributed by atoms with Crippen LogP contribution < -0.4 is 0 Å². The molecule has 1 heterocycles. The van der Waals surface area contributed by atoms with Gasteiger partial charge in [0.2, 0.25) is 0 Å². The molecule has 0 aliphatic carbocycles. The second-order valence-corrected chi connectivity index (χ2v) is 6.75. The fraction of sp³-hybridized carbons (Fsp3) is 0.0667. The van der Waals surface area contributed by atoms with E-state index in [0.29, 0.717) is 0 Å². The molecule has 0 saturated heterocycles. The quantitative estimate of drug-likeness (QED) is 0.467. The summed E-state index contributed by atoms with van der Waals surface area (Å²) < 4.78 is 2.48. The largest absolute Gasteiger partial charge is 0.143 e. The molecule has 18 heavy (non-hydrogen) atoms. The Labute approximate surface area is 127 Å². The van der Waals surface area contributed by atoms with Crippen molar-refractivity contribution in [3.8, 4) is 0 Å². The highest BCUT2D eigenvalue weighted by molar-refractivity contribution is 9.11. The zero-order valence-corrected chi connectivity index (χ0v) is 13.4. The predicted molar refractivity (Wildman–Crippen MR) is 86.7 cm³/mol. The Bertz CT molecular complexity index is 688. The van der Waals surface area contributed by atoms with E-state index < -0.39 is 0 Å². The average Bonchev–Trinajstić information content (AvgIpc) is 2.82. The molecular weight excluding hydrogens is 372 g/mol. The molecule has 3 aromatic rings. The average molecular weight is 382 g/mol. The van der Waals surface area contributed by atoms with E-state index in [2.05, 4.69) is 79.7 Å². The Kier molecular flexibility index (Phi) is 3.55. The summed E-state index contributed by atoms with van der Waals surface area (Å²) in [5.74, 6) is 0. The summed E-state index contributed by atoms with van der Waals surface area (Å²) in [4.78, 5) is 0.226. The molecule has 0 spiro atoms. The first-order valence-electron chi connectivity index (χ1n) is 5.62. The first-order chi connectivity index (χ1) is 8.77. The van der Waals surface area contributed by atoms with Crippen molar-refractivity contribution in [2.75, 3.05) is 0 Å². The molecule has 1 aromatic heterocycles. The second-order valence-electron chi connectivity index (χ2n) is 4.07. The molecular formula is C15H10Br2S. The third-order valence-electron chi connectivity index (χ3n) is 2.96. The van der Waals surface area contributed by atoms with E-state index in [1.807, 2.05) is 6.07 Å². The Morgan fingerprint density at radius 2 is 1.61 bits per heavy atom. The van der Waals surface area contributed by atoms with Crippen LogP contribution in [0.25, 0.3) is 10.1 Å². The van der Waals surface area contributed by atoms with Crippen LogP contribution in [0.15, 0.2) is 58.4 Å². The number of fused-ring (bicyclic) bond motifs is 1. The highest BCUT2D eigenvalue weighted by Crippen LogP contribution is 2.40. The van der Waals surface area contributed by atoms with E-state index in [-0.39, 0.29) is 4.83 Å². The van der Waals surface area contributed by atoms with E-state index in [9.17, 15) is 0 Å². The fourth-order valence-electron chi connectivity index (χ4n) is 2.04. The summed E-state index contributed by atoms with van der Waals surface area (Å²) in [6.07, 6.45) is 0. The minimum absolute atomic E-state index is 0.226. The number of thiophene rings is 1. The standard InChI is InChI=1S/C15H10Br2S/c16-13-7-3-1-6-11(13)15(17)12-9-18-14-8-4-2-5-10(12)14/h1-9,15H. The molecule has 0 N–H and O–H groups in total. The third kappa shape index (κ3) is 2.15. The number of hydrogen-bond donors (Lipinski definition) is 0. The summed E-state index contributed by atoms with van der Waals surface area (Å²) in [7, 11) is 0. The number of benzene rings is 2. The van der Waals surface area contributed by atoms with Gasteiger partial charge in [-0.1, -0.05) is 68.3 Å². The molecule has 0 saturated carbocycles. The predicted octanol–water partition coefficient (Wildman–Crippen LogP) is 6.15. The van der Waals surface area contributed by atoms with Gasteiger partial charge in [0.1, 0.15) is 0 Å². The van der Waals surface area contributed by atoms with Gasteiger partial charge in [0.25, 0.3) is 0 Å². The SMILES string of the molecule is Brc1ccccc1C(Br)c1csc2ccccc12.